The second kappa shape index (κ2) is 5.73. The smallest absolute Gasteiger partial charge is 0.285 e. The highest BCUT2D eigenvalue weighted by Gasteiger charge is 2.01. The molecule has 3 heteroatoms. The van der Waals surface area contributed by atoms with Crippen molar-refractivity contribution in [1.82, 2.24) is 0 Å². The van der Waals surface area contributed by atoms with Crippen LogP contribution in [0.2, 0.25) is 0 Å². The minimum atomic E-state index is -0.562. The molecule has 0 heterocycles. The Morgan fingerprint density at radius 1 is 1.24 bits per heavy atom. The predicted molar refractivity (Wildman–Crippen MR) is 72.3 cm³/mol. The summed E-state index contributed by atoms with van der Waals surface area (Å²) in [5.74, 6) is 0.719. The molecule has 0 fully saturated rings. The van der Waals surface area contributed by atoms with Crippen LogP contribution in [0.5, 0.6) is 0 Å². The van der Waals surface area contributed by atoms with E-state index in [9.17, 15) is 4.39 Å². The summed E-state index contributed by atoms with van der Waals surface area (Å²) in [6, 6.07) is 13.1. The molecule has 0 spiro atoms. The fourth-order valence-corrected chi connectivity index (χ4v) is 1.92. The van der Waals surface area contributed by atoms with Gasteiger partial charge in [0.1, 0.15) is 0 Å². The van der Waals surface area contributed by atoms with Crippen molar-refractivity contribution in [3.63, 3.8) is 0 Å². The molecule has 0 saturated carbocycles. The Kier molecular flexibility index (Phi) is 4.04. The second-order valence-corrected chi connectivity index (χ2v) is 4.49. The largest absolute Gasteiger partial charge is 0.397 e. The molecule has 0 amide bonds. The van der Waals surface area contributed by atoms with E-state index in [-0.39, 0.29) is 0 Å². The summed E-state index contributed by atoms with van der Waals surface area (Å²) in [7, 11) is 0. The summed E-state index contributed by atoms with van der Waals surface area (Å²) in [6.45, 7) is 1.91. The molecule has 0 saturated heterocycles. The van der Waals surface area contributed by atoms with Crippen LogP contribution in [-0.4, -0.2) is 5.75 Å². The van der Waals surface area contributed by atoms with E-state index in [2.05, 4.69) is 0 Å². The quantitative estimate of drug-likeness (QED) is 0.568. The average molecular weight is 248 g/mol. The Morgan fingerprint density at radius 2 is 2.00 bits per heavy atom. The van der Waals surface area contributed by atoms with E-state index in [0.717, 1.165) is 34.1 Å². The summed E-state index contributed by atoms with van der Waals surface area (Å²) >= 11 is 1.10. The lowest BCUT2D eigenvalue weighted by molar-refractivity contribution is 0.351. The van der Waals surface area contributed by atoms with Gasteiger partial charge >= 0.3 is 0 Å². The molecule has 0 bridgehead atoms. The Balaban J connectivity index is 2.35. The second-order valence-electron chi connectivity index (χ2n) is 3.51. The lowest BCUT2D eigenvalue weighted by atomic mass is 10.0. The Morgan fingerprint density at radius 3 is 2.82 bits per heavy atom. The molecule has 0 atom stereocenters. The van der Waals surface area contributed by atoms with Gasteiger partial charge in [-0.2, -0.15) is 4.39 Å². The van der Waals surface area contributed by atoms with Crippen molar-refractivity contribution in [2.45, 2.75) is 6.92 Å². The highest BCUT2D eigenvalue weighted by molar-refractivity contribution is 7.94. The van der Waals surface area contributed by atoms with Crippen molar-refractivity contribution in [3.8, 4) is 0 Å². The molecule has 2 aromatic carbocycles. The minimum absolute atomic E-state index is 0.562. The molecular formula is C14H13FOS. The molecule has 0 aliphatic carbocycles. The first-order valence-electron chi connectivity index (χ1n) is 5.45. The average Bonchev–Trinajstić information content (AvgIpc) is 2.37. The van der Waals surface area contributed by atoms with Crippen LogP contribution in [-0.2, 0) is 4.18 Å². The van der Waals surface area contributed by atoms with Gasteiger partial charge < -0.3 is 4.18 Å². The zero-order valence-corrected chi connectivity index (χ0v) is 10.3. The van der Waals surface area contributed by atoms with E-state index in [1.165, 1.54) is 6.08 Å². The van der Waals surface area contributed by atoms with Crippen molar-refractivity contribution >= 4 is 28.9 Å². The van der Waals surface area contributed by atoms with Crippen molar-refractivity contribution in [1.29, 1.82) is 0 Å². The maximum Gasteiger partial charge on any atom is 0.285 e. The fraction of sp³-hybridized carbons (Fsp3) is 0.143. The highest BCUT2D eigenvalue weighted by atomic mass is 32.2. The molecule has 2 rings (SSSR count). The maximum absolute atomic E-state index is 13.4. The number of halogens is 1. The van der Waals surface area contributed by atoms with Crippen LogP contribution in [0.4, 0.5) is 4.39 Å². The summed E-state index contributed by atoms with van der Waals surface area (Å²) in [5, 5.41) is 2.12. The van der Waals surface area contributed by atoms with Gasteiger partial charge in [-0.25, -0.2) is 0 Å². The van der Waals surface area contributed by atoms with E-state index in [1.54, 1.807) is 0 Å². The van der Waals surface area contributed by atoms with Gasteiger partial charge in [-0.05, 0) is 16.3 Å². The number of rotatable bonds is 4. The summed E-state index contributed by atoms with van der Waals surface area (Å²) < 4.78 is 18.3. The molecule has 0 aromatic heterocycles. The van der Waals surface area contributed by atoms with E-state index in [0.29, 0.717) is 0 Å². The van der Waals surface area contributed by atoms with Crippen LogP contribution in [0, 0.1) is 0 Å². The van der Waals surface area contributed by atoms with E-state index >= 15 is 0 Å². The van der Waals surface area contributed by atoms with Gasteiger partial charge in [0.25, 0.3) is 6.01 Å². The highest BCUT2D eigenvalue weighted by Crippen LogP contribution is 2.22. The molecule has 1 nitrogen and oxygen atoms in total. The van der Waals surface area contributed by atoms with E-state index in [1.807, 2.05) is 49.4 Å². The first-order chi connectivity index (χ1) is 8.31. The Bertz CT molecular complexity index is 531. The lowest BCUT2D eigenvalue weighted by Gasteiger charge is -2.03. The lowest BCUT2D eigenvalue weighted by Crippen LogP contribution is -1.81. The van der Waals surface area contributed by atoms with Crippen LogP contribution in [0.15, 0.2) is 48.5 Å². The third-order valence-electron chi connectivity index (χ3n) is 2.35. The van der Waals surface area contributed by atoms with E-state index in [4.69, 9.17) is 4.18 Å². The van der Waals surface area contributed by atoms with Gasteiger partial charge in [0.15, 0.2) is 0 Å². The van der Waals surface area contributed by atoms with Gasteiger partial charge in [0.05, 0.1) is 12.0 Å². The Labute approximate surface area is 104 Å². The van der Waals surface area contributed by atoms with Crippen molar-refractivity contribution < 1.29 is 8.57 Å². The van der Waals surface area contributed by atoms with Crippen LogP contribution >= 0.6 is 12.0 Å². The van der Waals surface area contributed by atoms with Crippen molar-refractivity contribution in [3.05, 3.63) is 54.0 Å². The molecule has 17 heavy (non-hydrogen) atoms. The third kappa shape index (κ3) is 3.01. The maximum atomic E-state index is 13.4. The van der Waals surface area contributed by atoms with Crippen LogP contribution < -0.4 is 0 Å². The van der Waals surface area contributed by atoms with Crippen molar-refractivity contribution in [2.75, 3.05) is 5.75 Å². The minimum Gasteiger partial charge on any atom is -0.397 e. The predicted octanol–water partition coefficient (Wildman–Crippen LogP) is 4.79. The molecule has 0 aliphatic heterocycles. The molecule has 0 unspecified atom stereocenters. The number of fused-ring (bicyclic) bond motifs is 1. The first-order valence-corrected chi connectivity index (χ1v) is 6.36. The van der Waals surface area contributed by atoms with Crippen molar-refractivity contribution in [2.24, 2.45) is 0 Å². The summed E-state index contributed by atoms with van der Waals surface area (Å²) in [4.78, 5) is 0. The monoisotopic (exact) mass is 248 g/mol. The fourth-order valence-electron chi connectivity index (χ4n) is 1.64. The van der Waals surface area contributed by atoms with E-state index < -0.39 is 6.01 Å². The van der Waals surface area contributed by atoms with Gasteiger partial charge in [0, 0.05) is 11.8 Å². The van der Waals surface area contributed by atoms with Crippen LogP contribution in [0.3, 0.4) is 0 Å². The SMILES string of the molecule is CCSO/C(F)=C/c1cccc2ccccc12. The summed E-state index contributed by atoms with van der Waals surface area (Å²) in [5.41, 5.74) is 0.831. The van der Waals surface area contributed by atoms with Crippen LogP contribution in [0.25, 0.3) is 16.8 Å². The zero-order chi connectivity index (χ0) is 12.1. The number of hydrogen-bond donors (Lipinski definition) is 0. The third-order valence-corrected chi connectivity index (χ3v) is 2.86. The van der Waals surface area contributed by atoms with Crippen LogP contribution in [0.1, 0.15) is 12.5 Å². The van der Waals surface area contributed by atoms with Gasteiger partial charge in [-0.3, -0.25) is 0 Å². The summed E-state index contributed by atoms with van der Waals surface area (Å²) in [6.07, 6.45) is 1.42. The molecule has 2 aromatic rings. The molecule has 0 radical (unpaired) electrons. The Hall–Kier alpha value is -1.48. The molecular weight excluding hydrogens is 235 g/mol. The van der Waals surface area contributed by atoms with Gasteiger partial charge in [-0.1, -0.05) is 49.4 Å². The molecule has 0 N–H and O–H groups in total. The topological polar surface area (TPSA) is 9.23 Å². The number of hydrogen-bond acceptors (Lipinski definition) is 2. The normalized spacial score (nSPS) is 11.8. The molecule has 88 valence electrons. The first kappa shape index (κ1) is 12.0. The number of benzene rings is 2. The van der Waals surface area contributed by atoms with Gasteiger partial charge in [-0.15, -0.1) is 0 Å². The zero-order valence-electron chi connectivity index (χ0n) is 9.52. The molecule has 0 aliphatic rings. The standard InChI is InChI=1S/C14H13FOS/c1-2-17-16-14(15)10-12-8-5-7-11-6-3-4-9-13(11)12/h3-10H,2H2,1H3/b14-10+. The van der Waals surface area contributed by atoms with Gasteiger partial charge in [0.2, 0.25) is 0 Å².